The zero-order chi connectivity index (χ0) is 15.8. The lowest BCUT2D eigenvalue weighted by atomic mass is 10.3. The van der Waals surface area contributed by atoms with Crippen molar-refractivity contribution in [3.05, 3.63) is 12.2 Å². The molecule has 1 heterocycles. The van der Waals surface area contributed by atoms with Crippen LogP contribution in [0.1, 0.15) is 13.8 Å². The third kappa shape index (κ3) is 6.27. The van der Waals surface area contributed by atoms with E-state index in [1.807, 2.05) is 13.8 Å². The van der Waals surface area contributed by atoms with Crippen LogP contribution in [0.2, 0.25) is 0 Å². The fourth-order valence-electron chi connectivity index (χ4n) is 2.23. The Bertz CT molecular complexity index is 378. The molecule has 1 fully saturated rings. The molecule has 0 N–H and O–H groups in total. The van der Waals surface area contributed by atoms with Gasteiger partial charge in [0, 0.05) is 26.2 Å². The molecule has 0 aliphatic carbocycles. The maximum Gasteiger partial charge on any atom is 0.237 e. The molecule has 0 aromatic rings. The molecule has 0 aromatic heterocycles. The van der Waals surface area contributed by atoms with Crippen molar-refractivity contribution in [1.29, 1.82) is 0 Å². The minimum absolute atomic E-state index is 0.0257. The minimum Gasteiger partial charge on any atom is -0.378 e. The largest absolute Gasteiger partial charge is 0.378 e. The van der Waals surface area contributed by atoms with E-state index in [0.29, 0.717) is 39.4 Å². The number of nitrogens with zero attached hydrogens (tertiary/aromatic N) is 3. The number of ether oxygens (including phenoxy) is 1. The van der Waals surface area contributed by atoms with Gasteiger partial charge >= 0.3 is 0 Å². The van der Waals surface area contributed by atoms with Gasteiger partial charge in [-0.05, 0) is 20.9 Å². The van der Waals surface area contributed by atoms with Crippen molar-refractivity contribution in [3.8, 4) is 0 Å². The third-order valence-corrected chi connectivity index (χ3v) is 3.37. The number of likely N-dealkylation sites (N-methyl/N-ethyl adjacent to an activating group) is 2. The molecule has 1 aliphatic heterocycles. The Morgan fingerprint density at radius 3 is 2.33 bits per heavy atom. The molecular weight excluding hydrogens is 270 g/mol. The molecule has 120 valence electrons. The second-order valence-corrected chi connectivity index (χ2v) is 5.53. The Morgan fingerprint density at radius 1 is 1.19 bits per heavy atom. The van der Waals surface area contributed by atoms with E-state index in [9.17, 15) is 9.59 Å². The van der Waals surface area contributed by atoms with Gasteiger partial charge in [0.15, 0.2) is 0 Å². The van der Waals surface area contributed by atoms with Gasteiger partial charge in [-0.25, -0.2) is 0 Å². The molecule has 6 nitrogen and oxygen atoms in total. The van der Waals surface area contributed by atoms with Crippen LogP contribution in [0.4, 0.5) is 0 Å². The molecule has 1 saturated heterocycles. The second kappa shape index (κ2) is 8.79. The highest BCUT2D eigenvalue weighted by Gasteiger charge is 2.20. The molecule has 0 spiro atoms. The lowest BCUT2D eigenvalue weighted by molar-refractivity contribution is -0.137. The van der Waals surface area contributed by atoms with E-state index in [2.05, 4.69) is 6.58 Å². The Morgan fingerprint density at radius 2 is 1.81 bits per heavy atom. The van der Waals surface area contributed by atoms with Crippen molar-refractivity contribution in [1.82, 2.24) is 14.7 Å². The zero-order valence-electron chi connectivity index (χ0n) is 13.4. The van der Waals surface area contributed by atoms with Crippen LogP contribution in [0.5, 0.6) is 0 Å². The molecule has 1 aliphatic rings. The van der Waals surface area contributed by atoms with Crippen LogP contribution in [0.3, 0.4) is 0 Å². The highest BCUT2D eigenvalue weighted by Crippen LogP contribution is 2.01. The fourth-order valence-corrected chi connectivity index (χ4v) is 2.23. The number of carbonyl (C=O) groups excluding carboxylic acids is 2. The highest BCUT2D eigenvalue weighted by molar-refractivity contribution is 5.81. The Kier molecular flexibility index (Phi) is 7.39. The summed E-state index contributed by atoms with van der Waals surface area (Å²) in [5.74, 6) is 0.0781. The van der Waals surface area contributed by atoms with Crippen molar-refractivity contribution in [3.63, 3.8) is 0 Å². The summed E-state index contributed by atoms with van der Waals surface area (Å²) in [6.07, 6.45) is 0. The third-order valence-electron chi connectivity index (χ3n) is 3.37. The Labute approximate surface area is 127 Å². The quantitative estimate of drug-likeness (QED) is 0.630. The topological polar surface area (TPSA) is 53.1 Å². The number of rotatable bonds is 7. The first-order valence-electron chi connectivity index (χ1n) is 7.40. The van der Waals surface area contributed by atoms with Crippen molar-refractivity contribution in [2.24, 2.45) is 0 Å². The molecule has 0 bridgehead atoms. The summed E-state index contributed by atoms with van der Waals surface area (Å²) >= 11 is 0. The SMILES string of the molecule is C=C(C)CN(CC)C(=O)CN(C)CC(=O)N1CCOCC1. The second-order valence-electron chi connectivity index (χ2n) is 5.53. The summed E-state index contributed by atoms with van der Waals surface area (Å²) in [5, 5.41) is 0. The van der Waals surface area contributed by atoms with Gasteiger partial charge < -0.3 is 14.5 Å². The summed E-state index contributed by atoms with van der Waals surface area (Å²) in [5.41, 5.74) is 0.956. The van der Waals surface area contributed by atoms with E-state index in [1.165, 1.54) is 0 Å². The first-order valence-corrected chi connectivity index (χ1v) is 7.40. The highest BCUT2D eigenvalue weighted by atomic mass is 16.5. The van der Waals surface area contributed by atoms with Gasteiger partial charge in [0.2, 0.25) is 11.8 Å². The van der Waals surface area contributed by atoms with E-state index >= 15 is 0 Å². The molecule has 0 unspecified atom stereocenters. The average molecular weight is 297 g/mol. The van der Waals surface area contributed by atoms with E-state index < -0.39 is 0 Å². The monoisotopic (exact) mass is 297 g/mol. The van der Waals surface area contributed by atoms with Gasteiger partial charge in [0.25, 0.3) is 0 Å². The number of hydrogen-bond donors (Lipinski definition) is 0. The predicted octanol–water partition coefficient (Wildman–Crippen LogP) is 0.202. The molecule has 21 heavy (non-hydrogen) atoms. The number of carbonyl (C=O) groups is 2. The van der Waals surface area contributed by atoms with Gasteiger partial charge in [0.05, 0.1) is 26.3 Å². The van der Waals surface area contributed by atoms with Gasteiger partial charge in [-0.1, -0.05) is 12.2 Å². The molecule has 0 aromatic carbocycles. The number of amides is 2. The number of hydrogen-bond acceptors (Lipinski definition) is 4. The van der Waals surface area contributed by atoms with Crippen LogP contribution in [0, 0.1) is 0 Å². The van der Waals surface area contributed by atoms with E-state index in [4.69, 9.17) is 4.74 Å². The normalized spacial score (nSPS) is 15.1. The average Bonchev–Trinajstić information content (AvgIpc) is 2.45. The van der Waals surface area contributed by atoms with Gasteiger partial charge in [-0.2, -0.15) is 0 Å². The fraction of sp³-hybridized carbons (Fsp3) is 0.733. The molecule has 0 radical (unpaired) electrons. The molecule has 6 heteroatoms. The van der Waals surface area contributed by atoms with Crippen molar-refractivity contribution < 1.29 is 14.3 Å². The summed E-state index contributed by atoms with van der Waals surface area (Å²) < 4.78 is 5.23. The van der Waals surface area contributed by atoms with Crippen LogP contribution in [0.15, 0.2) is 12.2 Å². The molecule has 2 amide bonds. The number of morpholine rings is 1. The van der Waals surface area contributed by atoms with Gasteiger partial charge in [-0.3, -0.25) is 14.5 Å². The van der Waals surface area contributed by atoms with Crippen LogP contribution in [-0.2, 0) is 14.3 Å². The smallest absolute Gasteiger partial charge is 0.237 e. The van der Waals surface area contributed by atoms with Crippen molar-refractivity contribution >= 4 is 11.8 Å². The summed E-state index contributed by atoms with van der Waals surface area (Å²) in [7, 11) is 1.80. The first-order chi connectivity index (χ1) is 9.93. The Hall–Kier alpha value is -1.40. The van der Waals surface area contributed by atoms with Crippen LogP contribution in [-0.4, -0.2) is 86.0 Å². The first kappa shape index (κ1) is 17.7. The minimum atomic E-state index is 0.0257. The maximum atomic E-state index is 12.2. The van der Waals surface area contributed by atoms with E-state index in [1.54, 1.807) is 21.7 Å². The maximum absolute atomic E-state index is 12.2. The summed E-state index contributed by atoms with van der Waals surface area (Å²) in [6.45, 7) is 11.9. The van der Waals surface area contributed by atoms with E-state index in [-0.39, 0.29) is 24.9 Å². The molecule has 1 rings (SSSR count). The van der Waals surface area contributed by atoms with Gasteiger partial charge in [-0.15, -0.1) is 0 Å². The van der Waals surface area contributed by atoms with E-state index in [0.717, 1.165) is 5.57 Å². The standard InChI is InChI=1S/C15H27N3O3/c1-5-17(10-13(2)3)14(19)11-16(4)12-15(20)18-6-8-21-9-7-18/h2,5-12H2,1,3-4H3. The summed E-state index contributed by atoms with van der Waals surface area (Å²) in [4.78, 5) is 29.6. The van der Waals surface area contributed by atoms with Crippen LogP contribution < -0.4 is 0 Å². The molecular formula is C15H27N3O3. The van der Waals surface area contributed by atoms with Crippen molar-refractivity contribution in [2.75, 3.05) is 59.5 Å². The molecule has 0 atom stereocenters. The van der Waals surface area contributed by atoms with Crippen molar-refractivity contribution in [2.45, 2.75) is 13.8 Å². The predicted molar refractivity (Wildman–Crippen MR) is 82.0 cm³/mol. The molecule has 0 saturated carbocycles. The van der Waals surface area contributed by atoms with Crippen LogP contribution in [0.25, 0.3) is 0 Å². The lowest BCUT2D eigenvalue weighted by Crippen LogP contribution is -2.47. The zero-order valence-corrected chi connectivity index (χ0v) is 13.4. The van der Waals surface area contributed by atoms with Crippen LogP contribution >= 0.6 is 0 Å². The van der Waals surface area contributed by atoms with Gasteiger partial charge in [0.1, 0.15) is 0 Å². The lowest BCUT2D eigenvalue weighted by Gasteiger charge is -2.29. The summed E-state index contributed by atoms with van der Waals surface area (Å²) in [6, 6.07) is 0. The Balaban J connectivity index is 2.40.